The first-order valence-corrected chi connectivity index (χ1v) is 5.24. The molecule has 0 aliphatic rings. The number of aryl methyl sites for hydroxylation is 1. The van der Waals surface area contributed by atoms with Crippen LogP contribution in [-0.4, -0.2) is 22.6 Å². The van der Waals surface area contributed by atoms with Gasteiger partial charge in [-0.15, -0.1) is 0 Å². The summed E-state index contributed by atoms with van der Waals surface area (Å²) in [7, 11) is 0. The first kappa shape index (κ1) is 11.8. The summed E-state index contributed by atoms with van der Waals surface area (Å²) in [4.78, 5) is 11.7. The van der Waals surface area contributed by atoms with Gasteiger partial charge in [-0.05, 0) is 18.8 Å². The fourth-order valence-corrected chi connectivity index (χ4v) is 1.12. The van der Waals surface area contributed by atoms with Crippen LogP contribution >= 0.6 is 0 Å². The lowest BCUT2D eigenvalue weighted by atomic mass is 9.90. The second-order valence-corrected chi connectivity index (χ2v) is 4.61. The summed E-state index contributed by atoms with van der Waals surface area (Å²) >= 11 is 0. The Morgan fingerprint density at radius 3 is 2.73 bits per heavy atom. The lowest BCUT2D eigenvalue weighted by Crippen LogP contribution is -2.33. The number of rotatable bonds is 4. The van der Waals surface area contributed by atoms with Crippen molar-refractivity contribution in [3.63, 3.8) is 0 Å². The van der Waals surface area contributed by atoms with E-state index >= 15 is 0 Å². The van der Waals surface area contributed by atoms with Gasteiger partial charge in [0, 0.05) is 12.2 Å². The number of nitrogens with one attached hydrogen (secondary N) is 2. The van der Waals surface area contributed by atoms with Crippen LogP contribution in [0.5, 0.6) is 0 Å². The Balaban J connectivity index is 2.55. The molecule has 1 aromatic rings. The van der Waals surface area contributed by atoms with Gasteiger partial charge < -0.3 is 5.32 Å². The van der Waals surface area contributed by atoms with Crippen molar-refractivity contribution >= 4 is 5.91 Å². The van der Waals surface area contributed by atoms with Gasteiger partial charge in [-0.1, -0.05) is 20.8 Å². The van der Waals surface area contributed by atoms with E-state index in [1.807, 2.05) is 6.92 Å². The van der Waals surface area contributed by atoms with Crippen molar-refractivity contribution in [1.29, 1.82) is 0 Å². The number of aromatic amines is 1. The van der Waals surface area contributed by atoms with Crippen molar-refractivity contribution in [2.45, 2.75) is 34.1 Å². The fourth-order valence-electron chi connectivity index (χ4n) is 1.12. The smallest absolute Gasteiger partial charge is 0.254 e. The highest BCUT2D eigenvalue weighted by atomic mass is 16.1. The van der Waals surface area contributed by atoms with Crippen LogP contribution < -0.4 is 5.32 Å². The second kappa shape index (κ2) is 4.47. The number of amides is 1. The molecule has 84 valence electrons. The molecule has 15 heavy (non-hydrogen) atoms. The fraction of sp³-hybridized carbons (Fsp3) is 0.636. The summed E-state index contributed by atoms with van der Waals surface area (Å²) in [5.74, 6) is -0.0530. The molecule has 0 fully saturated rings. The first-order chi connectivity index (χ1) is 6.96. The third-order valence-corrected chi connectivity index (χ3v) is 2.76. The average Bonchev–Trinajstić information content (AvgIpc) is 2.61. The summed E-state index contributed by atoms with van der Waals surface area (Å²) in [5, 5.41) is 9.49. The van der Waals surface area contributed by atoms with Gasteiger partial charge in [-0.2, -0.15) is 5.10 Å². The SMILES string of the molecule is CCC(C)(C)CNC(=O)c1cn[nH]c1C. The van der Waals surface area contributed by atoms with Gasteiger partial charge in [0.1, 0.15) is 0 Å². The normalized spacial score (nSPS) is 11.5. The van der Waals surface area contributed by atoms with Crippen molar-refractivity contribution in [3.8, 4) is 0 Å². The van der Waals surface area contributed by atoms with Gasteiger partial charge in [0.2, 0.25) is 0 Å². The molecule has 0 saturated carbocycles. The topological polar surface area (TPSA) is 57.8 Å². The van der Waals surface area contributed by atoms with Crippen molar-refractivity contribution in [3.05, 3.63) is 17.5 Å². The van der Waals surface area contributed by atoms with E-state index in [4.69, 9.17) is 0 Å². The summed E-state index contributed by atoms with van der Waals surface area (Å²) in [6.45, 7) is 8.92. The number of H-pyrrole nitrogens is 1. The molecule has 0 atom stereocenters. The monoisotopic (exact) mass is 209 g/mol. The van der Waals surface area contributed by atoms with Crippen LogP contribution in [0.25, 0.3) is 0 Å². The lowest BCUT2D eigenvalue weighted by Gasteiger charge is -2.22. The minimum absolute atomic E-state index is 0.0530. The van der Waals surface area contributed by atoms with Crippen molar-refractivity contribution in [2.75, 3.05) is 6.54 Å². The zero-order valence-electron chi connectivity index (χ0n) is 9.85. The maximum Gasteiger partial charge on any atom is 0.254 e. The van der Waals surface area contributed by atoms with Crippen LogP contribution in [0.1, 0.15) is 43.2 Å². The second-order valence-electron chi connectivity index (χ2n) is 4.61. The van der Waals surface area contributed by atoms with Crippen molar-refractivity contribution in [2.24, 2.45) is 5.41 Å². The van der Waals surface area contributed by atoms with Crippen molar-refractivity contribution in [1.82, 2.24) is 15.5 Å². The van der Waals surface area contributed by atoms with E-state index < -0.39 is 0 Å². The largest absolute Gasteiger partial charge is 0.351 e. The number of hydrogen-bond acceptors (Lipinski definition) is 2. The maximum atomic E-state index is 11.7. The summed E-state index contributed by atoms with van der Waals surface area (Å²) < 4.78 is 0. The molecule has 0 aliphatic heterocycles. The van der Waals surface area contributed by atoms with Gasteiger partial charge in [0.15, 0.2) is 0 Å². The number of hydrogen-bond donors (Lipinski definition) is 2. The molecule has 1 heterocycles. The van der Waals surface area contributed by atoms with Gasteiger partial charge in [-0.3, -0.25) is 9.89 Å². The maximum absolute atomic E-state index is 11.7. The van der Waals surface area contributed by atoms with Gasteiger partial charge in [0.25, 0.3) is 5.91 Å². The molecule has 0 bridgehead atoms. The van der Waals surface area contributed by atoms with Crippen LogP contribution in [0.2, 0.25) is 0 Å². The molecule has 2 N–H and O–H groups in total. The minimum Gasteiger partial charge on any atom is -0.351 e. The van der Waals surface area contributed by atoms with Crippen molar-refractivity contribution < 1.29 is 4.79 Å². The minimum atomic E-state index is -0.0530. The summed E-state index contributed by atoms with van der Waals surface area (Å²) in [5.41, 5.74) is 1.58. The Kier molecular flexibility index (Phi) is 3.50. The molecule has 4 nitrogen and oxygen atoms in total. The summed E-state index contributed by atoms with van der Waals surface area (Å²) in [6.07, 6.45) is 2.60. The van der Waals surface area contributed by atoms with Crippen LogP contribution in [0.4, 0.5) is 0 Å². The van der Waals surface area contributed by atoms with E-state index in [0.29, 0.717) is 12.1 Å². The molecule has 0 radical (unpaired) electrons. The van der Waals surface area contributed by atoms with E-state index in [2.05, 4.69) is 36.3 Å². The molecule has 0 aliphatic carbocycles. The number of nitrogens with zero attached hydrogens (tertiary/aromatic N) is 1. The Morgan fingerprint density at radius 2 is 2.27 bits per heavy atom. The van der Waals surface area contributed by atoms with Crippen LogP contribution in [0.15, 0.2) is 6.20 Å². The lowest BCUT2D eigenvalue weighted by molar-refractivity contribution is 0.0935. The van der Waals surface area contributed by atoms with E-state index in [1.165, 1.54) is 0 Å². The van der Waals surface area contributed by atoms with Gasteiger partial charge >= 0.3 is 0 Å². The molecule has 0 unspecified atom stereocenters. The zero-order chi connectivity index (χ0) is 11.5. The van der Waals surface area contributed by atoms with E-state index in [-0.39, 0.29) is 11.3 Å². The highest BCUT2D eigenvalue weighted by Crippen LogP contribution is 2.17. The Hall–Kier alpha value is -1.32. The van der Waals surface area contributed by atoms with E-state index in [9.17, 15) is 4.79 Å². The van der Waals surface area contributed by atoms with Gasteiger partial charge in [-0.25, -0.2) is 0 Å². The Labute approximate surface area is 90.5 Å². The third kappa shape index (κ3) is 3.08. The molecular formula is C11H19N3O. The predicted molar refractivity (Wildman–Crippen MR) is 59.7 cm³/mol. The van der Waals surface area contributed by atoms with Crippen LogP contribution in [0.3, 0.4) is 0 Å². The quantitative estimate of drug-likeness (QED) is 0.795. The third-order valence-electron chi connectivity index (χ3n) is 2.76. The molecule has 4 heteroatoms. The Morgan fingerprint density at radius 1 is 1.60 bits per heavy atom. The van der Waals surface area contributed by atoms with E-state index in [0.717, 1.165) is 12.1 Å². The first-order valence-electron chi connectivity index (χ1n) is 5.24. The Bertz CT molecular complexity index is 341. The highest BCUT2D eigenvalue weighted by Gasteiger charge is 2.17. The molecule has 0 aromatic carbocycles. The van der Waals surface area contributed by atoms with Crippen LogP contribution in [-0.2, 0) is 0 Å². The highest BCUT2D eigenvalue weighted by molar-refractivity contribution is 5.94. The zero-order valence-corrected chi connectivity index (χ0v) is 9.85. The standard InChI is InChI=1S/C11H19N3O/c1-5-11(3,4)7-12-10(15)9-6-13-14-8(9)2/h6H,5,7H2,1-4H3,(H,12,15)(H,13,14). The molecule has 1 aromatic heterocycles. The van der Waals surface area contributed by atoms with Crippen LogP contribution in [0, 0.1) is 12.3 Å². The number of carbonyl (C=O) groups excluding carboxylic acids is 1. The predicted octanol–water partition coefficient (Wildman–Crippen LogP) is 1.88. The molecule has 0 saturated heterocycles. The number of carbonyl (C=O) groups is 1. The molecular weight excluding hydrogens is 190 g/mol. The number of aromatic nitrogens is 2. The summed E-state index contributed by atoms with van der Waals surface area (Å²) in [6, 6.07) is 0. The molecule has 1 amide bonds. The van der Waals surface area contributed by atoms with E-state index in [1.54, 1.807) is 6.20 Å². The average molecular weight is 209 g/mol. The molecule has 1 rings (SSSR count). The molecule has 0 spiro atoms. The van der Waals surface area contributed by atoms with Gasteiger partial charge in [0.05, 0.1) is 11.8 Å².